The third-order valence-corrected chi connectivity index (χ3v) is 3.05. The van der Waals surface area contributed by atoms with Crippen LogP contribution in [0.1, 0.15) is 33.6 Å². The molecular weight excluding hydrogens is 266 g/mol. The molecule has 1 rings (SSSR count). The Labute approximate surface area is 116 Å². The normalized spacial score (nSPS) is 18.6. The number of urea groups is 1. The van der Waals surface area contributed by atoms with Crippen LogP contribution in [0.5, 0.6) is 0 Å². The van der Waals surface area contributed by atoms with E-state index in [0.29, 0.717) is 0 Å². The van der Waals surface area contributed by atoms with Crippen molar-refractivity contribution in [3.8, 4) is 0 Å². The summed E-state index contributed by atoms with van der Waals surface area (Å²) in [5.74, 6) is -2.03. The van der Waals surface area contributed by atoms with Gasteiger partial charge in [-0.25, -0.2) is 9.59 Å². The van der Waals surface area contributed by atoms with Crippen LogP contribution in [0.2, 0.25) is 0 Å². The predicted molar refractivity (Wildman–Crippen MR) is 68.8 cm³/mol. The molecule has 4 amide bonds. The van der Waals surface area contributed by atoms with E-state index in [9.17, 15) is 19.2 Å². The summed E-state index contributed by atoms with van der Waals surface area (Å²) in [7, 11) is 0. The highest BCUT2D eigenvalue weighted by Crippen LogP contribution is 2.16. The van der Waals surface area contributed by atoms with Crippen LogP contribution in [-0.2, 0) is 14.4 Å². The van der Waals surface area contributed by atoms with Crippen LogP contribution in [0.15, 0.2) is 0 Å². The van der Waals surface area contributed by atoms with Crippen LogP contribution in [-0.4, -0.2) is 51.9 Å². The van der Waals surface area contributed by atoms with E-state index in [0.717, 1.165) is 4.90 Å². The van der Waals surface area contributed by atoms with Crippen molar-refractivity contribution in [2.24, 2.45) is 0 Å². The molecule has 1 aliphatic rings. The molecule has 8 heteroatoms. The van der Waals surface area contributed by atoms with E-state index in [1.807, 2.05) is 0 Å². The molecule has 1 fully saturated rings. The van der Waals surface area contributed by atoms with Gasteiger partial charge in [0.25, 0.3) is 5.91 Å². The molecule has 112 valence electrons. The Morgan fingerprint density at radius 2 is 2.00 bits per heavy atom. The van der Waals surface area contributed by atoms with Gasteiger partial charge in [0.15, 0.2) is 0 Å². The van der Waals surface area contributed by atoms with Crippen LogP contribution >= 0.6 is 0 Å². The van der Waals surface area contributed by atoms with E-state index in [1.54, 1.807) is 20.8 Å². The molecule has 0 aromatic heterocycles. The maximum Gasteiger partial charge on any atom is 0.326 e. The molecule has 8 nitrogen and oxygen atoms in total. The lowest BCUT2D eigenvalue weighted by Gasteiger charge is -2.16. The quantitative estimate of drug-likeness (QED) is 0.579. The molecule has 20 heavy (non-hydrogen) atoms. The fourth-order valence-corrected chi connectivity index (χ4v) is 1.84. The Morgan fingerprint density at radius 3 is 2.40 bits per heavy atom. The van der Waals surface area contributed by atoms with Crippen molar-refractivity contribution < 1.29 is 24.3 Å². The van der Waals surface area contributed by atoms with E-state index >= 15 is 0 Å². The molecule has 0 radical (unpaired) electrons. The Bertz CT molecular complexity index is 446. The second-order valence-electron chi connectivity index (χ2n) is 5.13. The Hall–Kier alpha value is -2.12. The van der Waals surface area contributed by atoms with Gasteiger partial charge in [-0.15, -0.1) is 0 Å². The van der Waals surface area contributed by atoms with Gasteiger partial charge >= 0.3 is 12.0 Å². The van der Waals surface area contributed by atoms with Gasteiger partial charge in [0.1, 0.15) is 11.6 Å². The third-order valence-electron chi connectivity index (χ3n) is 3.05. The number of carbonyl (C=O) groups excluding carboxylic acids is 3. The average molecular weight is 285 g/mol. The van der Waals surface area contributed by atoms with Gasteiger partial charge in [-0.2, -0.15) is 0 Å². The van der Waals surface area contributed by atoms with Gasteiger partial charge < -0.3 is 15.7 Å². The van der Waals surface area contributed by atoms with Crippen molar-refractivity contribution in [1.29, 1.82) is 0 Å². The molecule has 1 aliphatic heterocycles. The Kier molecular flexibility index (Phi) is 4.69. The van der Waals surface area contributed by atoms with Crippen LogP contribution in [0.25, 0.3) is 0 Å². The summed E-state index contributed by atoms with van der Waals surface area (Å²) < 4.78 is 0. The summed E-state index contributed by atoms with van der Waals surface area (Å²) >= 11 is 0. The fraction of sp³-hybridized carbons (Fsp3) is 0.667. The van der Waals surface area contributed by atoms with E-state index in [1.165, 1.54) is 0 Å². The van der Waals surface area contributed by atoms with Crippen molar-refractivity contribution in [1.82, 2.24) is 15.5 Å². The monoisotopic (exact) mass is 285 g/mol. The van der Waals surface area contributed by atoms with Gasteiger partial charge in [0.2, 0.25) is 5.91 Å². The number of nitrogens with zero attached hydrogens (tertiary/aromatic N) is 1. The second kappa shape index (κ2) is 5.89. The average Bonchev–Trinajstić information content (AvgIpc) is 2.53. The largest absolute Gasteiger partial charge is 0.480 e. The second-order valence-corrected chi connectivity index (χ2v) is 5.13. The summed E-state index contributed by atoms with van der Waals surface area (Å²) in [6.45, 7) is 4.71. The van der Waals surface area contributed by atoms with Crippen LogP contribution < -0.4 is 10.6 Å². The maximum absolute atomic E-state index is 11.9. The lowest BCUT2D eigenvalue weighted by molar-refractivity contribution is -0.142. The number of hydrogen-bond acceptors (Lipinski definition) is 4. The minimum Gasteiger partial charge on any atom is -0.480 e. The highest BCUT2D eigenvalue weighted by atomic mass is 16.4. The molecule has 0 aromatic carbocycles. The zero-order valence-electron chi connectivity index (χ0n) is 11.7. The summed E-state index contributed by atoms with van der Waals surface area (Å²) in [6, 6.07) is -1.50. The van der Waals surface area contributed by atoms with Crippen LogP contribution in [0.3, 0.4) is 0 Å². The van der Waals surface area contributed by atoms with E-state index < -0.39 is 35.4 Å². The summed E-state index contributed by atoms with van der Waals surface area (Å²) in [4.78, 5) is 46.8. The van der Waals surface area contributed by atoms with E-state index in [-0.39, 0.29) is 19.4 Å². The first-order chi connectivity index (χ1) is 9.19. The summed E-state index contributed by atoms with van der Waals surface area (Å²) in [6.07, 6.45) is 0.135. The number of hydrogen-bond donors (Lipinski definition) is 3. The minimum absolute atomic E-state index is 0.0734. The van der Waals surface area contributed by atoms with Gasteiger partial charge in [0, 0.05) is 13.0 Å². The van der Waals surface area contributed by atoms with Crippen molar-refractivity contribution in [2.45, 2.75) is 45.2 Å². The molecule has 1 saturated heterocycles. The van der Waals surface area contributed by atoms with Crippen molar-refractivity contribution in [3.05, 3.63) is 0 Å². The number of rotatable bonds is 6. The molecule has 0 aromatic rings. The van der Waals surface area contributed by atoms with Crippen molar-refractivity contribution >= 4 is 23.8 Å². The molecule has 0 bridgehead atoms. The predicted octanol–water partition coefficient (Wildman–Crippen LogP) is -0.314. The number of nitrogens with one attached hydrogen (secondary N) is 2. The molecule has 1 atom stereocenters. The third kappa shape index (κ3) is 3.46. The van der Waals surface area contributed by atoms with Gasteiger partial charge in [-0.05, 0) is 20.3 Å². The first kappa shape index (κ1) is 15.9. The lowest BCUT2D eigenvalue weighted by Crippen LogP contribution is -2.43. The molecule has 3 N–H and O–H groups in total. The fourth-order valence-electron chi connectivity index (χ4n) is 1.84. The summed E-state index contributed by atoms with van der Waals surface area (Å²) in [5.41, 5.74) is -0.972. The molecule has 0 spiro atoms. The number of carboxylic acids is 1. The molecule has 1 unspecified atom stereocenters. The highest BCUT2D eigenvalue weighted by Gasteiger charge is 2.44. The number of imide groups is 1. The van der Waals surface area contributed by atoms with Crippen LogP contribution in [0, 0.1) is 0 Å². The number of amides is 4. The lowest BCUT2D eigenvalue weighted by atomic mass is 10.1. The van der Waals surface area contributed by atoms with Gasteiger partial charge in [0.05, 0.1) is 0 Å². The Morgan fingerprint density at radius 1 is 1.40 bits per heavy atom. The molecule has 0 saturated carbocycles. The number of carbonyl (C=O) groups is 4. The standard InChI is InChI=1S/C12H19N3O5/c1-4-7(9(17)18)13-8(16)5-6-15-10(19)12(2,3)14-11(15)20/h7H,4-6H2,1-3H3,(H,13,16)(H,14,20)(H,17,18). The molecule has 1 heterocycles. The summed E-state index contributed by atoms with van der Waals surface area (Å²) in [5, 5.41) is 13.6. The molecular formula is C12H19N3O5. The number of aliphatic carboxylic acids is 1. The van der Waals surface area contributed by atoms with Crippen molar-refractivity contribution in [3.63, 3.8) is 0 Å². The highest BCUT2D eigenvalue weighted by molar-refractivity contribution is 6.06. The maximum atomic E-state index is 11.9. The van der Waals surface area contributed by atoms with E-state index in [4.69, 9.17) is 5.11 Å². The minimum atomic E-state index is -1.11. The number of carboxylic acid groups (broad SMARTS) is 1. The SMILES string of the molecule is CCC(NC(=O)CCN1C(=O)NC(C)(C)C1=O)C(=O)O. The zero-order valence-corrected chi connectivity index (χ0v) is 11.7. The Balaban J connectivity index is 2.52. The zero-order chi connectivity index (χ0) is 15.5. The van der Waals surface area contributed by atoms with Gasteiger partial charge in [-0.3, -0.25) is 14.5 Å². The van der Waals surface area contributed by atoms with Gasteiger partial charge in [-0.1, -0.05) is 6.92 Å². The first-order valence-electron chi connectivity index (χ1n) is 6.35. The first-order valence-corrected chi connectivity index (χ1v) is 6.35. The topological polar surface area (TPSA) is 116 Å². The van der Waals surface area contributed by atoms with Crippen molar-refractivity contribution in [2.75, 3.05) is 6.54 Å². The smallest absolute Gasteiger partial charge is 0.326 e. The van der Waals surface area contributed by atoms with E-state index in [2.05, 4.69) is 10.6 Å². The molecule has 0 aliphatic carbocycles. The van der Waals surface area contributed by atoms with Crippen LogP contribution in [0.4, 0.5) is 4.79 Å².